The number of fused-ring (bicyclic) bond motifs is 1. The number of carboxylic acid groups (broad SMARTS) is 1. The molecule has 10 nitrogen and oxygen atoms in total. The van der Waals surface area contributed by atoms with Crippen LogP contribution in [-0.4, -0.2) is 59.1 Å². The number of aromatic nitrogens is 4. The Bertz CT molecular complexity index is 754. The van der Waals surface area contributed by atoms with E-state index in [1.807, 2.05) is 0 Å². The second-order valence-electron chi connectivity index (χ2n) is 4.73. The number of nitrogens with one attached hydrogen (secondary N) is 1. The minimum absolute atomic E-state index is 0.0763. The molecule has 21 heavy (non-hydrogen) atoms. The number of carboxylic acids is 1. The van der Waals surface area contributed by atoms with Gasteiger partial charge in [-0.25, -0.2) is 14.8 Å². The van der Waals surface area contributed by atoms with Gasteiger partial charge in [-0.05, 0) is 0 Å². The zero-order chi connectivity index (χ0) is 15.2. The van der Waals surface area contributed by atoms with E-state index in [2.05, 4.69) is 15.0 Å². The lowest BCUT2D eigenvalue weighted by atomic mass is 9.98. The van der Waals surface area contributed by atoms with Gasteiger partial charge >= 0.3 is 5.97 Å². The lowest BCUT2D eigenvalue weighted by molar-refractivity contribution is -0.183. The number of ether oxygens (including phenoxy) is 1. The third-order valence-corrected chi connectivity index (χ3v) is 3.58. The van der Waals surface area contributed by atoms with E-state index in [4.69, 9.17) is 9.84 Å². The van der Waals surface area contributed by atoms with Gasteiger partial charge < -0.3 is 25.0 Å². The maximum atomic E-state index is 11.6. The zero-order valence-electron chi connectivity index (χ0n) is 10.6. The highest BCUT2D eigenvalue weighted by atomic mass is 16.6. The predicted molar refractivity (Wildman–Crippen MR) is 66.3 cm³/mol. The fourth-order valence-corrected chi connectivity index (χ4v) is 2.40. The molecule has 112 valence electrons. The van der Waals surface area contributed by atoms with E-state index < -0.39 is 36.1 Å². The summed E-state index contributed by atoms with van der Waals surface area (Å²) in [6.07, 6.45) is 0.0869. The topological polar surface area (TPSA) is 151 Å². The third kappa shape index (κ3) is 1.84. The van der Waals surface area contributed by atoms with E-state index in [0.29, 0.717) is 0 Å². The molecule has 0 amide bonds. The number of aromatic amines is 1. The maximum absolute atomic E-state index is 11.6. The van der Waals surface area contributed by atoms with Gasteiger partial charge in [0, 0.05) is 6.42 Å². The Morgan fingerprint density at radius 2 is 2.33 bits per heavy atom. The molecule has 0 bridgehead atoms. The molecular weight excluding hydrogens is 284 g/mol. The molecule has 10 heteroatoms. The average Bonchev–Trinajstić information content (AvgIpc) is 3.01. The third-order valence-electron chi connectivity index (χ3n) is 3.58. The van der Waals surface area contributed by atoms with E-state index in [1.54, 1.807) is 0 Å². The molecule has 1 aliphatic heterocycles. The van der Waals surface area contributed by atoms with Crippen LogP contribution >= 0.6 is 0 Å². The Morgan fingerprint density at radius 3 is 2.95 bits per heavy atom. The molecule has 0 unspecified atom stereocenters. The van der Waals surface area contributed by atoms with Crippen LogP contribution in [0.15, 0.2) is 17.4 Å². The van der Waals surface area contributed by atoms with Crippen molar-refractivity contribution in [3.8, 4) is 0 Å². The van der Waals surface area contributed by atoms with Crippen LogP contribution in [-0.2, 0) is 9.53 Å². The highest BCUT2D eigenvalue weighted by molar-refractivity contribution is 5.79. The minimum Gasteiger partial charge on any atom is -0.479 e. The second kappa shape index (κ2) is 4.62. The van der Waals surface area contributed by atoms with Crippen LogP contribution in [0.25, 0.3) is 11.2 Å². The summed E-state index contributed by atoms with van der Waals surface area (Å²) in [5.41, 5.74) is -2.26. The molecule has 0 saturated carbocycles. The first-order chi connectivity index (χ1) is 9.99. The predicted octanol–water partition coefficient (Wildman–Crippen LogP) is -1.78. The summed E-state index contributed by atoms with van der Waals surface area (Å²) in [7, 11) is 0. The van der Waals surface area contributed by atoms with Crippen molar-refractivity contribution in [3.05, 3.63) is 23.0 Å². The number of aliphatic carboxylic acids is 1. The molecule has 0 spiro atoms. The zero-order valence-corrected chi connectivity index (χ0v) is 10.6. The molecule has 2 aromatic heterocycles. The Balaban J connectivity index is 2.04. The normalized spacial score (nSPS) is 29.0. The first-order valence-corrected chi connectivity index (χ1v) is 6.10. The van der Waals surface area contributed by atoms with E-state index in [9.17, 15) is 19.8 Å². The average molecular weight is 296 g/mol. The molecule has 3 heterocycles. The standard InChI is InChI=1S/C11H12N4O6/c16-2-11(10(19)20)5(17)1-6(21-11)15-4-14-7-8(15)12-3-13-9(7)18/h3-6,16-17H,1-2H2,(H,19,20)(H,12,13,18)/t5-,6+,11+/m0/s1. The highest BCUT2D eigenvalue weighted by Crippen LogP contribution is 2.37. The summed E-state index contributed by atoms with van der Waals surface area (Å²) in [5.74, 6) is -1.46. The van der Waals surface area contributed by atoms with Crippen molar-refractivity contribution in [1.82, 2.24) is 19.5 Å². The molecule has 0 aromatic carbocycles. The van der Waals surface area contributed by atoms with Crippen molar-refractivity contribution < 1.29 is 24.9 Å². The van der Waals surface area contributed by atoms with Crippen molar-refractivity contribution in [3.63, 3.8) is 0 Å². The first kappa shape index (κ1) is 13.7. The molecule has 3 rings (SSSR count). The number of rotatable bonds is 3. The number of imidazole rings is 1. The fraction of sp³-hybridized carbons (Fsp3) is 0.455. The van der Waals surface area contributed by atoms with Gasteiger partial charge in [0.15, 0.2) is 11.2 Å². The van der Waals surface area contributed by atoms with Crippen molar-refractivity contribution in [1.29, 1.82) is 0 Å². The summed E-state index contributed by atoms with van der Waals surface area (Å²) < 4.78 is 6.69. The van der Waals surface area contributed by atoms with Gasteiger partial charge in [-0.1, -0.05) is 0 Å². The number of H-pyrrole nitrogens is 1. The monoisotopic (exact) mass is 296 g/mol. The van der Waals surface area contributed by atoms with E-state index in [0.717, 1.165) is 0 Å². The van der Waals surface area contributed by atoms with E-state index in [1.165, 1.54) is 17.2 Å². The van der Waals surface area contributed by atoms with Crippen molar-refractivity contribution in [2.24, 2.45) is 0 Å². The van der Waals surface area contributed by atoms with Gasteiger partial charge in [-0.2, -0.15) is 0 Å². The number of nitrogens with zero attached hydrogens (tertiary/aromatic N) is 3. The van der Waals surface area contributed by atoms with Gasteiger partial charge in [0.25, 0.3) is 5.56 Å². The van der Waals surface area contributed by atoms with Gasteiger partial charge in [0.2, 0.25) is 5.60 Å². The number of hydrogen-bond donors (Lipinski definition) is 4. The Hall–Kier alpha value is -2.30. The van der Waals surface area contributed by atoms with Crippen LogP contribution < -0.4 is 5.56 Å². The fourth-order valence-electron chi connectivity index (χ4n) is 2.40. The molecule has 1 fully saturated rings. The first-order valence-electron chi connectivity index (χ1n) is 6.10. The second-order valence-corrected chi connectivity index (χ2v) is 4.73. The number of aliphatic hydroxyl groups is 2. The molecule has 1 aliphatic rings. The van der Waals surface area contributed by atoms with E-state index >= 15 is 0 Å². The molecular formula is C11H12N4O6. The summed E-state index contributed by atoms with van der Waals surface area (Å²) in [6.45, 7) is -0.874. The van der Waals surface area contributed by atoms with Crippen LogP contribution in [0, 0.1) is 0 Å². The SMILES string of the molecule is O=C(O)[C@]1(CO)O[C@@H](n2cnc3c(=O)[nH]cnc32)C[C@@H]1O. The minimum atomic E-state index is -2.09. The van der Waals surface area contributed by atoms with Crippen LogP contribution in [0.3, 0.4) is 0 Å². The number of carbonyl (C=O) groups is 1. The maximum Gasteiger partial charge on any atom is 0.341 e. The van der Waals surface area contributed by atoms with Crippen LogP contribution in [0.4, 0.5) is 0 Å². The van der Waals surface area contributed by atoms with Gasteiger partial charge in [0.05, 0.1) is 19.3 Å². The molecule has 0 aliphatic carbocycles. The summed E-state index contributed by atoms with van der Waals surface area (Å²) >= 11 is 0. The Kier molecular flexibility index (Phi) is 3.01. The molecule has 0 radical (unpaired) electrons. The van der Waals surface area contributed by atoms with Crippen LogP contribution in [0.2, 0.25) is 0 Å². The Morgan fingerprint density at radius 1 is 1.57 bits per heavy atom. The van der Waals surface area contributed by atoms with Gasteiger partial charge in [0.1, 0.15) is 12.3 Å². The lowest BCUT2D eigenvalue weighted by Gasteiger charge is -2.24. The summed E-state index contributed by atoms with van der Waals surface area (Å²) in [5, 5.41) is 28.4. The number of hydrogen-bond acceptors (Lipinski definition) is 7. The smallest absolute Gasteiger partial charge is 0.341 e. The Labute approximate surface area is 116 Å². The van der Waals surface area contributed by atoms with Gasteiger partial charge in [-0.3, -0.25) is 9.36 Å². The van der Waals surface area contributed by atoms with Gasteiger partial charge in [-0.15, -0.1) is 0 Å². The van der Waals surface area contributed by atoms with Crippen molar-refractivity contribution in [2.45, 2.75) is 24.4 Å². The summed E-state index contributed by atoms with van der Waals surface area (Å²) in [6, 6.07) is 0. The van der Waals surface area contributed by atoms with E-state index in [-0.39, 0.29) is 17.6 Å². The van der Waals surface area contributed by atoms with Crippen molar-refractivity contribution in [2.75, 3.05) is 6.61 Å². The number of aliphatic hydroxyl groups excluding tert-OH is 2. The molecule has 4 N–H and O–H groups in total. The molecule has 1 saturated heterocycles. The molecule has 2 aromatic rings. The largest absolute Gasteiger partial charge is 0.479 e. The molecule has 3 atom stereocenters. The summed E-state index contributed by atoms with van der Waals surface area (Å²) in [4.78, 5) is 33.0. The van der Waals surface area contributed by atoms with Crippen LogP contribution in [0.1, 0.15) is 12.6 Å². The lowest BCUT2D eigenvalue weighted by Crippen LogP contribution is -2.50. The quantitative estimate of drug-likeness (QED) is 0.518. The van der Waals surface area contributed by atoms with Crippen molar-refractivity contribution >= 4 is 17.1 Å². The van der Waals surface area contributed by atoms with Crippen LogP contribution in [0.5, 0.6) is 0 Å². The highest BCUT2D eigenvalue weighted by Gasteiger charge is 2.54.